The van der Waals surface area contributed by atoms with Gasteiger partial charge in [0, 0.05) is 19.0 Å². The van der Waals surface area contributed by atoms with Gasteiger partial charge in [0.1, 0.15) is 0 Å². The van der Waals surface area contributed by atoms with Crippen molar-refractivity contribution >= 4 is 16.8 Å². The molecule has 1 fully saturated rings. The van der Waals surface area contributed by atoms with E-state index in [4.69, 9.17) is 5.73 Å². The average Bonchev–Trinajstić information content (AvgIpc) is 2.72. The Balaban J connectivity index is 1.94. The number of carbonyl (C=O) groups excluding carboxylic acids is 1. The van der Waals surface area contributed by atoms with Crippen LogP contribution in [0.1, 0.15) is 29.8 Å². The Labute approximate surface area is 111 Å². The number of nitrogens with zero attached hydrogens (tertiary/aromatic N) is 2. The minimum atomic E-state index is -0.213. The molecule has 0 saturated heterocycles. The first kappa shape index (κ1) is 12.2. The summed E-state index contributed by atoms with van der Waals surface area (Å²) < 4.78 is 1.74. The number of fused-ring (bicyclic) bond motifs is 1. The summed E-state index contributed by atoms with van der Waals surface area (Å²) in [6, 6.07) is 7.75. The highest BCUT2D eigenvalue weighted by atomic mass is 16.2. The predicted octanol–water partition coefficient (Wildman–Crippen LogP) is 1.18. The highest BCUT2D eigenvalue weighted by molar-refractivity contribution is 6.05. The Morgan fingerprint density at radius 3 is 2.84 bits per heavy atom. The molecule has 3 N–H and O–H groups in total. The molecule has 0 bridgehead atoms. The van der Waals surface area contributed by atoms with E-state index in [1.165, 1.54) is 0 Å². The van der Waals surface area contributed by atoms with Gasteiger partial charge in [0.2, 0.25) is 0 Å². The van der Waals surface area contributed by atoms with E-state index in [2.05, 4.69) is 10.4 Å². The SMILES string of the molecule is Cn1nc(C(=O)NC2(CN)CCC2)c2ccccc21. The van der Waals surface area contributed by atoms with Crippen LogP contribution in [0.5, 0.6) is 0 Å². The van der Waals surface area contributed by atoms with Crippen molar-refractivity contribution in [2.45, 2.75) is 24.8 Å². The van der Waals surface area contributed by atoms with Gasteiger partial charge in [-0.15, -0.1) is 0 Å². The highest BCUT2D eigenvalue weighted by Gasteiger charge is 2.37. The zero-order valence-electron chi connectivity index (χ0n) is 11.0. The number of amides is 1. The van der Waals surface area contributed by atoms with Gasteiger partial charge >= 0.3 is 0 Å². The number of hydrogen-bond acceptors (Lipinski definition) is 3. The van der Waals surface area contributed by atoms with Crippen LogP contribution in [0.2, 0.25) is 0 Å². The lowest BCUT2D eigenvalue weighted by molar-refractivity contribution is 0.0833. The summed E-state index contributed by atoms with van der Waals surface area (Å²) in [5, 5.41) is 8.28. The van der Waals surface area contributed by atoms with Crippen molar-refractivity contribution in [1.29, 1.82) is 0 Å². The normalized spacial score (nSPS) is 17.2. The largest absolute Gasteiger partial charge is 0.344 e. The summed E-state index contributed by atoms with van der Waals surface area (Å²) in [6.07, 6.45) is 3.04. The Kier molecular flexibility index (Phi) is 2.78. The topological polar surface area (TPSA) is 72.9 Å². The number of benzene rings is 1. The van der Waals surface area contributed by atoms with Gasteiger partial charge in [-0.05, 0) is 25.3 Å². The molecule has 0 aliphatic heterocycles. The monoisotopic (exact) mass is 258 g/mol. The van der Waals surface area contributed by atoms with Crippen molar-refractivity contribution in [3.8, 4) is 0 Å². The van der Waals surface area contributed by atoms with Crippen molar-refractivity contribution in [2.75, 3.05) is 6.54 Å². The fourth-order valence-electron chi connectivity index (χ4n) is 2.67. The third-order valence-electron chi connectivity index (χ3n) is 4.05. The standard InChI is InChI=1S/C14H18N4O/c1-18-11-6-3-2-5-10(11)12(17-18)13(19)16-14(9-15)7-4-8-14/h2-3,5-6H,4,7-9,15H2,1H3,(H,16,19). The number of para-hydroxylation sites is 1. The molecule has 5 heteroatoms. The smallest absolute Gasteiger partial charge is 0.272 e. The van der Waals surface area contributed by atoms with Crippen LogP contribution in [0.4, 0.5) is 0 Å². The van der Waals surface area contributed by atoms with Crippen molar-refractivity contribution in [3.63, 3.8) is 0 Å². The number of rotatable bonds is 3. The summed E-state index contributed by atoms with van der Waals surface area (Å²) in [7, 11) is 1.85. The summed E-state index contributed by atoms with van der Waals surface area (Å²) in [5.41, 5.74) is 7.01. The number of nitrogens with two attached hydrogens (primary N) is 1. The summed E-state index contributed by atoms with van der Waals surface area (Å²) in [5.74, 6) is -0.123. The maximum Gasteiger partial charge on any atom is 0.272 e. The lowest BCUT2D eigenvalue weighted by Crippen LogP contribution is -2.58. The molecule has 1 amide bonds. The zero-order valence-corrected chi connectivity index (χ0v) is 11.0. The number of hydrogen-bond donors (Lipinski definition) is 2. The molecule has 5 nitrogen and oxygen atoms in total. The highest BCUT2D eigenvalue weighted by Crippen LogP contribution is 2.31. The number of aryl methyl sites for hydroxylation is 1. The van der Waals surface area contributed by atoms with E-state index < -0.39 is 0 Å². The van der Waals surface area contributed by atoms with Crippen LogP contribution in [-0.4, -0.2) is 27.8 Å². The van der Waals surface area contributed by atoms with E-state index >= 15 is 0 Å². The van der Waals surface area contributed by atoms with E-state index in [-0.39, 0.29) is 11.4 Å². The van der Waals surface area contributed by atoms with E-state index in [1.54, 1.807) is 4.68 Å². The van der Waals surface area contributed by atoms with E-state index in [9.17, 15) is 4.79 Å². The molecule has 0 spiro atoms. The molecule has 1 aromatic carbocycles. The summed E-state index contributed by atoms with van der Waals surface area (Å²) >= 11 is 0. The molecule has 2 aromatic rings. The quantitative estimate of drug-likeness (QED) is 0.868. The summed E-state index contributed by atoms with van der Waals surface area (Å²) in [6.45, 7) is 0.490. The van der Waals surface area contributed by atoms with Gasteiger partial charge in [-0.1, -0.05) is 18.2 Å². The molecule has 0 atom stereocenters. The average molecular weight is 258 g/mol. The van der Waals surface area contributed by atoms with Gasteiger partial charge in [-0.2, -0.15) is 5.10 Å². The van der Waals surface area contributed by atoms with Gasteiger partial charge in [0.25, 0.3) is 5.91 Å². The molecule has 19 heavy (non-hydrogen) atoms. The third-order valence-corrected chi connectivity index (χ3v) is 4.05. The van der Waals surface area contributed by atoms with Crippen LogP contribution in [-0.2, 0) is 7.05 Å². The molecule has 1 aliphatic carbocycles. The lowest BCUT2D eigenvalue weighted by atomic mass is 9.76. The van der Waals surface area contributed by atoms with Crippen LogP contribution in [0, 0.1) is 0 Å². The minimum Gasteiger partial charge on any atom is -0.344 e. The first-order chi connectivity index (χ1) is 9.15. The second kappa shape index (κ2) is 4.35. The molecule has 1 aliphatic rings. The van der Waals surface area contributed by atoms with Crippen molar-refractivity contribution in [1.82, 2.24) is 15.1 Å². The summed E-state index contributed by atoms with van der Waals surface area (Å²) in [4.78, 5) is 12.4. The van der Waals surface area contributed by atoms with E-state index in [1.807, 2.05) is 31.3 Å². The Bertz CT molecular complexity index is 622. The lowest BCUT2D eigenvalue weighted by Gasteiger charge is -2.41. The van der Waals surface area contributed by atoms with Crippen molar-refractivity contribution in [2.24, 2.45) is 12.8 Å². The second-order valence-electron chi connectivity index (χ2n) is 5.28. The Morgan fingerprint density at radius 2 is 2.21 bits per heavy atom. The first-order valence-electron chi connectivity index (χ1n) is 6.59. The van der Waals surface area contributed by atoms with Crippen molar-refractivity contribution in [3.05, 3.63) is 30.0 Å². The number of nitrogens with one attached hydrogen (secondary N) is 1. The maximum absolute atomic E-state index is 12.4. The van der Waals surface area contributed by atoms with Crippen LogP contribution >= 0.6 is 0 Å². The van der Waals surface area contributed by atoms with Crippen molar-refractivity contribution < 1.29 is 4.79 Å². The van der Waals surface area contributed by atoms with Gasteiger partial charge < -0.3 is 11.1 Å². The Morgan fingerprint density at radius 1 is 1.47 bits per heavy atom. The van der Waals surface area contributed by atoms with E-state index in [0.717, 1.165) is 30.2 Å². The molecule has 1 heterocycles. The predicted molar refractivity (Wildman–Crippen MR) is 73.8 cm³/mol. The van der Waals surface area contributed by atoms with Gasteiger partial charge in [-0.25, -0.2) is 0 Å². The minimum absolute atomic E-state index is 0.123. The molecular formula is C14H18N4O. The van der Waals surface area contributed by atoms with Crippen LogP contribution in [0.15, 0.2) is 24.3 Å². The molecule has 100 valence electrons. The fourth-order valence-corrected chi connectivity index (χ4v) is 2.67. The maximum atomic E-state index is 12.4. The Hall–Kier alpha value is -1.88. The first-order valence-corrected chi connectivity index (χ1v) is 6.59. The molecule has 1 aromatic heterocycles. The number of aromatic nitrogens is 2. The fraction of sp³-hybridized carbons (Fsp3) is 0.429. The van der Waals surface area contributed by atoms with E-state index in [0.29, 0.717) is 12.2 Å². The second-order valence-corrected chi connectivity index (χ2v) is 5.28. The molecule has 1 saturated carbocycles. The van der Waals surface area contributed by atoms with Gasteiger partial charge in [0.05, 0.1) is 11.1 Å². The molecule has 0 radical (unpaired) electrons. The van der Waals surface area contributed by atoms with Crippen LogP contribution in [0.25, 0.3) is 10.9 Å². The molecule has 3 rings (SSSR count). The van der Waals surface area contributed by atoms with Gasteiger partial charge in [0.15, 0.2) is 5.69 Å². The van der Waals surface area contributed by atoms with Crippen LogP contribution in [0.3, 0.4) is 0 Å². The zero-order chi connectivity index (χ0) is 13.5. The van der Waals surface area contributed by atoms with Crippen LogP contribution < -0.4 is 11.1 Å². The molecular weight excluding hydrogens is 240 g/mol. The number of carbonyl (C=O) groups is 1. The molecule has 0 unspecified atom stereocenters. The third kappa shape index (κ3) is 1.90. The van der Waals surface area contributed by atoms with Gasteiger partial charge in [-0.3, -0.25) is 9.48 Å².